The fourth-order valence-corrected chi connectivity index (χ4v) is 2.55. The first-order valence-corrected chi connectivity index (χ1v) is 7.87. The number of carbonyl (C=O) groups excluding carboxylic acids is 1. The molecule has 0 bridgehead atoms. The number of halogens is 1. The molecule has 2 atom stereocenters. The molecule has 4 nitrogen and oxygen atoms in total. The van der Waals surface area contributed by atoms with Crippen molar-refractivity contribution in [1.82, 2.24) is 10.2 Å². The minimum absolute atomic E-state index is 0.0137. The van der Waals surface area contributed by atoms with Crippen molar-refractivity contribution in [3.63, 3.8) is 0 Å². The van der Waals surface area contributed by atoms with Crippen LogP contribution < -0.4 is 5.32 Å². The average molecular weight is 327 g/mol. The van der Waals surface area contributed by atoms with Crippen molar-refractivity contribution in [2.45, 2.75) is 39.3 Å². The van der Waals surface area contributed by atoms with E-state index in [2.05, 4.69) is 24.1 Å². The maximum Gasteiger partial charge on any atom is 0.223 e. The van der Waals surface area contributed by atoms with E-state index in [1.807, 2.05) is 21.0 Å². The Morgan fingerprint density at radius 2 is 1.86 bits per heavy atom. The van der Waals surface area contributed by atoms with Gasteiger partial charge in [-0.1, -0.05) is 37.6 Å². The van der Waals surface area contributed by atoms with Gasteiger partial charge in [0, 0.05) is 17.6 Å². The van der Waals surface area contributed by atoms with E-state index in [4.69, 9.17) is 11.6 Å². The number of amides is 1. The van der Waals surface area contributed by atoms with Crippen molar-refractivity contribution in [2.24, 2.45) is 5.41 Å². The highest BCUT2D eigenvalue weighted by Crippen LogP contribution is 2.23. The predicted molar refractivity (Wildman–Crippen MR) is 91.0 cm³/mol. The Morgan fingerprint density at radius 3 is 2.36 bits per heavy atom. The topological polar surface area (TPSA) is 52.6 Å². The molecule has 124 valence electrons. The van der Waals surface area contributed by atoms with Crippen LogP contribution in [-0.4, -0.2) is 42.6 Å². The van der Waals surface area contributed by atoms with Gasteiger partial charge in [-0.25, -0.2) is 0 Å². The first kappa shape index (κ1) is 18.9. The minimum atomic E-state index is -0.818. The molecule has 1 amide bonds. The van der Waals surface area contributed by atoms with Gasteiger partial charge in [0.1, 0.15) is 0 Å². The smallest absolute Gasteiger partial charge is 0.223 e. The second-order valence-corrected chi connectivity index (χ2v) is 7.22. The number of carbonyl (C=O) groups is 1. The summed E-state index contributed by atoms with van der Waals surface area (Å²) in [6.07, 6.45) is -0.772. The number of nitrogens with one attached hydrogen (secondary N) is 1. The zero-order valence-corrected chi connectivity index (χ0v) is 14.8. The second-order valence-electron chi connectivity index (χ2n) is 6.79. The van der Waals surface area contributed by atoms with Crippen LogP contribution in [0.25, 0.3) is 0 Å². The van der Waals surface area contributed by atoms with Crippen LogP contribution in [0, 0.1) is 5.41 Å². The van der Waals surface area contributed by atoms with Gasteiger partial charge in [0.2, 0.25) is 5.91 Å². The van der Waals surface area contributed by atoms with Crippen molar-refractivity contribution >= 4 is 17.5 Å². The third-order valence-corrected chi connectivity index (χ3v) is 4.16. The molecule has 2 N–H and O–H groups in total. The molecule has 0 fully saturated rings. The van der Waals surface area contributed by atoms with Gasteiger partial charge in [-0.15, -0.1) is 0 Å². The quantitative estimate of drug-likeness (QED) is 0.810. The SMILES string of the molecule is CC(NC(=O)CC(O)c1ccc(Cl)cc1)C(C)(C)CN(C)C. The summed E-state index contributed by atoms with van der Waals surface area (Å²) in [4.78, 5) is 14.2. The van der Waals surface area contributed by atoms with Crippen LogP contribution in [0.5, 0.6) is 0 Å². The van der Waals surface area contributed by atoms with Crippen LogP contribution in [0.1, 0.15) is 38.9 Å². The molecule has 5 heteroatoms. The van der Waals surface area contributed by atoms with Gasteiger partial charge in [0.25, 0.3) is 0 Å². The summed E-state index contributed by atoms with van der Waals surface area (Å²) in [5.41, 5.74) is 0.643. The normalized spacial score (nSPS) is 14.7. The van der Waals surface area contributed by atoms with Gasteiger partial charge in [-0.3, -0.25) is 4.79 Å². The lowest BCUT2D eigenvalue weighted by Crippen LogP contribution is -2.47. The Bertz CT molecular complexity index is 486. The summed E-state index contributed by atoms with van der Waals surface area (Å²) in [5, 5.41) is 13.7. The Labute approximate surface area is 138 Å². The standard InChI is InChI=1S/C17H27ClN2O2/c1-12(17(2,3)11-20(4)5)19-16(22)10-15(21)13-6-8-14(18)9-7-13/h6-9,12,15,21H,10-11H2,1-5H3,(H,19,22). The molecule has 1 rings (SSSR count). The molecule has 1 aromatic carbocycles. The summed E-state index contributed by atoms with van der Waals surface area (Å²) in [6.45, 7) is 7.10. The molecule has 2 unspecified atom stereocenters. The summed E-state index contributed by atoms with van der Waals surface area (Å²) in [6, 6.07) is 6.90. The van der Waals surface area contributed by atoms with Crippen LogP contribution in [0.4, 0.5) is 0 Å². The van der Waals surface area contributed by atoms with Gasteiger partial charge < -0.3 is 15.3 Å². The van der Waals surface area contributed by atoms with E-state index in [1.54, 1.807) is 24.3 Å². The predicted octanol–water partition coefficient (Wildman–Crippen LogP) is 2.86. The third kappa shape index (κ3) is 5.95. The van der Waals surface area contributed by atoms with Crippen molar-refractivity contribution in [2.75, 3.05) is 20.6 Å². The lowest BCUT2D eigenvalue weighted by atomic mass is 9.84. The number of hydrogen-bond donors (Lipinski definition) is 2. The monoisotopic (exact) mass is 326 g/mol. The minimum Gasteiger partial charge on any atom is -0.388 e. The summed E-state index contributed by atoms with van der Waals surface area (Å²) in [5.74, 6) is -0.151. The molecule has 0 radical (unpaired) electrons. The van der Waals surface area contributed by atoms with Gasteiger partial charge in [-0.05, 0) is 44.1 Å². The van der Waals surface area contributed by atoms with E-state index < -0.39 is 6.10 Å². The zero-order chi connectivity index (χ0) is 16.9. The van der Waals surface area contributed by atoms with Gasteiger partial charge in [-0.2, -0.15) is 0 Å². The number of benzene rings is 1. The van der Waals surface area contributed by atoms with E-state index in [0.717, 1.165) is 6.54 Å². The summed E-state index contributed by atoms with van der Waals surface area (Å²) >= 11 is 5.82. The first-order valence-electron chi connectivity index (χ1n) is 7.49. The van der Waals surface area contributed by atoms with Crippen molar-refractivity contribution in [3.8, 4) is 0 Å². The molecule has 0 aliphatic heterocycles. The van der Waals surface area contributed by atoms with E-state index in [9.17, 15) is 9.90 Å². The first-order chi connectivity index (χ1) is 10.1. The Balaban J connectivity index is 2.56. The third-order valence-electron chi connectivity index (χ3n) is 3.91. The molecule has 0 aliphatic carbocycles. The van der Waals surface area contributed by atoms with Crippen molar-refractivity contribution < 1.29 is 9.90 Å². The number of hydrogen-bond acceptors (Lipinski definition) is 3. The van der Waals surface area contributed by atoms with Gasteiger partial charge in [0.15, 0.2) is 0 Å². The Morgan fingerprint density at radius 1 is 1.32 bits per heavy atom. The van der Waals surface area contributed by atoms with Crippen LogP contribution in [0.3, 0.4) is 0 Å². The number of nitrogens with zero attached hydrogens (tertiary/aromatic N) is 1. The van der Waals surface area contributed by atoms with Crippen LogP contribution in [-0.2, 0) is 4.79 Å². The molecule has 0 saturated carbocycles. The number of rotatable bonds is 7. The fourth-order valence-electron chi connectivity index (χ4n) is 2.43. The van der Waals surface area contributed by atoms with Crippen LogP contribution in [0.15, 0.2) is 24.3 Å². The maximum absolute atomic E-state index is 12.1. The molecular formula is C17H27ClN2O2. The highest BCUT2D eigenvalue weighted by molar-refractivity contribution is 6.30. The molecule has 0 heterocycles. The highest BCUT2D eigenvalue weighted by atomic mass is 35.5. The lowest BCUT2D eigenvalue weighted by molar-refractivity contribution is -0.124. The molecule has 0 spiro atoms. The average Bonchev–Trinajstić information content (AvgIpc) is 2.37. The maximum atomic E-state index is 12.1. The lowest BCUT2D eigenvalue weighted by Gasteiger charge is -2.35. The molecule has 0 saturated heterocycles. The molecule has 0 aromatic heterocycles. The van der Waals surface area contributed by atoms with E-state index in [1.165, 1.54) is 0 Å². The van der Waals surface area contributed by atoms with Gasteiger partial charge >= 0.3 is 0 Å². The van der Waals surface area contributed by atoms with Crippen molar-refractivity contribution in [3.05, 3.63) is 34.9 Å². The van der Waals surface area contributed by atoms with E-state index >= 15 is 0 Å². The van der Waals surface area contributed by atoms with Gasteiger partial charge in [0.05, 0.1) is 12.5 Å². The van der Waals surface area contributed by atoms with E-state index in [0.29, 0.717) is 10.6 Å². The molecule has 0 aliphatic rings. The zero-order valence-electron chi connectivity index (χ0n) is 14.1. The second kappa shape index (κ2) is 7.95. The Kier molecular flexibility index (Phi) is 6.85. The number of aliphatic hydroxyl groups excluding tert-OH is 1. The number of aliphatic hydroxyl groups is 1. The fraction of sp³-hybridized carbons (Fsp3) is 0.588. The highest BCUT2D eigenvalue weighted by Gasteiger charge is 2.28. The van der Waals surface area contributed by atoms with Crippen LogP contribution >= 0.6 is 11.6 Å². The Hall–Kier alpha value is -1.10. The van der Waals surface area contributed by atoms with Crippen molar-refractivity contribution in [1.29, 1.82) is 0 Å². The summed E-state index contributed by atoms with van der Waals surface area (Å²) in [7, 11) is 4.03. The van der Waals surface area contributed by atoms with Crippen LogP contribution in [0.2, 0.25) is 5.02 Å². The largest absolute Gasteiger partial charge is 0.388 e. The summed E-state index contributed by atoms with van der Waals surface area (Å²) < 4.78 is 0. The molecule has 1 aromatic rings. The van der Waals surface area contributed by atoms with E-state index in [-0.39, 0.29) is 23.8 Å². The molecular weight excluding hydrogens is 300 g/mol. The molecule has 22 heavy (non-hydrogen) atoms.